The molecule has 0 atom stereocenters. The third-order valence-corrected chi connectivity index (χ3v) is 6.56. The van der Waals surface area contributed by atoms with Gasteiger partial charge in [0.1, 0.15) is 11.6 Å². The number of halogens is 1. The average Bonchev–Trinajstić information content (AvgIpc) is 2.78. The molecule has 3 aromatic carbocycles. The highest BCUT2D eigenvalue weighted by atomic mass is 32.2. The van der Waals surface area contributed by atoms with Crippen LogP contribution in [0.1, 0.15) is 15.9 Å². The summed E-state index contributed by atoms with van der Waals surface area (Å²) < 4.78 is 47.3. The molecule has 0 aliphatic rings. The van der Waals surface area contributed by atoms with Gasteiger partial charge in [0.2, 0.25) is 0 Å². The molecule has 0 radical (unpaired) electrons. The Morgan fingerprint density at radius 2 is 1.59 bits per heavy atom. The Bertz CT molecular complexity index is 1200. The molecule has 0 unspecified atom stereocenters. The van der Waals surface area contributed by atoms with Crippen molar-refractivity contribution in [2.75, 3.05) is 30.8 Å². The molecule has 0 saturated heterocycles. The molecule has 3 aromatic rings. The summed E-state index contributed by atoms with van der Waals surface area (Å²) >= 11 is 0. The number of methoxy groups -OCH3 is 1. The molecule has 0 fully saturated rings. The van der Waals surface area contributed by atoms with Crippen LogP contribution < -0.4 is 14.4 Å². The van der Waals surface area contributed by atoms with E-state index in [9.17, 15) is 17.6 Å². The number of nitrogens with zero attached hydrogens (tertiary/aromatic N) is 2. The number of anilines is 2. The summed E-state index contributed by atoms with van der Waals surface area (Å²) in [6, 6.07) is 19.2. The number of para-hydroxylation sites is 3. The van der Waals surface area contributed by atoms with Crippen molar-refractivity contribution in [2.45, 2.75) is 6.54 Å². The lowest BCUT2D eigenvalue weighted by Crippen LogP contribution is -2.40. The van der Waals surface area contributed by atoms with Crippen molar-refractivity contribution < 1.29 is 22.3 Å². The molecule has 9 heteroatoms. The zero-order valence-corrected chi connectivity index (χ0v) is 18.8. The molecule has 0 heterocycles. The Morgan fingerprint density at radius 1 is 0.969 bits per heavy atom. The second-order valence-electron chi connectivity index (χ2n) is 7.10. The van der Waals surface area contributed by atoms with Crippen LogP contribution in [0.2, 0.25) is 0 Å². The lowest BCUT2D eigenvalue weighted by atomic mass is 10.1. The summed E-state index contributed by atoms with van der Waals surface area (Å²) in [7, 11) is 0.329. The maximum absolute atomic E-state index is 14.4. The summed E-state index contributed by atoms with van der Waals surface area (Å²) in [6.45, 7) is -0.101. The van der Waals surface area contributed by atoms with E-state index in [0.29, 0.717) is 22.6 Å². The van der Waals surface area contributed by atoms with Gasteiger partial charge in [0.25, 0.3) is 5.91 Å². The van der Waals surface area contributed by atoms with Gasteiger partial charge in [-0.1, -0.05) is 36.4 Å². The predicted octanol–water partition coefficient (Wildman–Crippen LogP) is 3.90. The third-order valence-electron chi connectivity index (χ3n) is 4.76. The van der Waals surface area contributed by atoms with Crippen LogP contribution in [-0.4, -0.2) is 39.8 Å². The maximum Gasteiger partial charge on any atom is 0.303 e. The molecule has 0 bridgehead atoms. The SMILES string of the molecule is COc1ccccc1NC(=O)c1ccc(CN(c2ccccc2F)S(=O)(=O)N(C)C)cc1. The van der Waals surface area contributed by atoms with Crippen molar-refractivity contribution in [1.29, 1.82) is 0 Å². The van der Waals surface area contributed by atoms with Crippen molar-refractivity contribution >= 4 is 27.5 Å². The Balaban J connectivity index is 1.84. The van der Waals surface area contributed by atoms with Crippen molar-refractivity contribution in [3.63, 3.8) is 0 Å². The number of hydrogen-bond donors (Lipinski definition) is 1. The van der Waals surface area contributed by atoms with Crippen molar-refractivity contribution in [1.82, 2.24) is 4.31 Å². The molecule has 32 heavy (non-hydrogen) atoms. The van der Waals surface area contributed by atoms with E-state index in [4.69, 9.17) is 4.74 Å². The zero-order chi connectivity index (χ0) is 23.3. The second-order valence-corrected chi connectivity index (χ2v) is 9.17. The van der Waals surface area contributed by atoms with E-state index in [0.717, 1.165) is 8.61 Å². The van der Waals surface area contributed by atoms with Crippen LogP contribution in [0.4, 0.5) is 15.8 Å². The van der Waals surface area contributed by atoms with Crippen LogP contribution in [0.5, 0.6) is 5.75 Å². The summed E-state index contributed by atoms with van der Waals surface area (Å²) in [5, 5.41) is 2.78. The molecule has 7 nitrogen and oxygen atoms in total. The Labute approximate surface area is 187 Å². The lowest BCUT2D eigenvalue weighted by Gasteiger charge is -2.27. The van der Waals surface area contributed by atoms with Gasteiger partial charge in [-0.3, -0.25) is 9.10 Å². The molecule has 1 N–H and O–H groups in total. The average molecular weight is 458 g/mol. The van der Waals surface area contributed by atoms with E-state index in [1.165, 1.54) is 39.4 Å². The highest BCUT2D eigenvalue weighted by Gasteiger charge is 2.27. The van der Waals surface area contributed by atoms with Crippen LogP contribution >= 0.6 is 0 Å². The maximum atomic E-state index is 14.4. The minimum atomic E-state index is -3.95. The first-order chi connectivity index (χ1) is 15.2. The highest BCUT2D eigenvalue weighted by Crippen LogP contribution is 2.26. The fourth-order valence-electron chi connectivity index (χ4n) is 3.01. The van der Waals surface area contributed by atoms with Gasteiger partial charge in [-0.05, 0) is 42.0 Å². The first kappa shape index (κ1) is 23.2. The van der Waals surface area contributed by atoms with Gasteiger partial charge in [-0.15, -0.1) is 0 Å². The molecular formula is C23H24FN3O4S. The summed E-state index contributed by atoms with van der Waals surface area (Å²) in [4.78, 5) is 12.6. The first-order valence-electron chi connectivity index (χ1n) is 9.72. The molecule has 0 aromatic heterocycles. The number of rotatable bonds is 8. The quantitative estimate of drug-likeness (QED) is 0.557. The Hall–Kier alpha value is -3.43. The zero-order valence-electron chi connectivity index (χ0n) is 17.9. The topological polar surface area (TPSA) is 79.0 Å². The van der Waals surface area contributed by atoms with E-state index < -0.39 is 16.0 Å². The van der Waals surface area contributed by atoms with Crippen molar-refractivity contribution in [3.05, 3.63) is 89.7 Å². The number of nitrogens with one attached hydrogen (secondary N) is 1. The van der Waals surface area contributed by atoms with E-state index >= 15 is 0 Å². The van der Waals surface area contributed by atoms with Crippen LogP contribution in [0.25, 0.3) is 0 Å². The number of carbonyl (C=O) groups is 1. The molecule has 0 aliphatic carbocycles. The summed E-state index contributed by atoms with van der Waals surface area (Å²) in [6.07, 6.45) is 0. The molecule has 168 valence electrons. The third kappa shape index (κ3) is 5.06. The van der Waals surface area contributed by atoms with E-state index in [2.05, 4.69) is 5.32 Å². The van der Waals surface area contributed by atoms with E-state index in [1.807, 2.05) is 0 Å². The molecular weight excluding hydrogens is 433 g/mol. The number of benzene rings is 3. The number of amides is 1. The van der Waals surface area contributed by atoms with E-state index in [-0.39, 0.29) is 18.1 Å². The molecule has 1 amide bonds. The number of hydrogen-bond acceptors (Lipinski definition) is 4. The van der Waals surface area contributed by atoms with Gasteiger partial charge < -0.3 is 10.1 Å². The Morgan fingerprint density at radius 3 is 2.22 bits per heavy atom. The minimum absolute atomic E-state index is 0.0563. The van der Waals surface area contributed by atoms with Gasteiger partial charge in [0, 0.05) is 19.7 Å². The first-order valence-corrected chi connectivity index (χ1v) is 11.1. The van der Waals surface area contributed by atoms with Gasteiger partial charge >= 0.3 is 10.2 Å². The molecule has 0 aliphatic heterocycles. The van der Waals surface area contributed by atoms with Gasteiger partial charge in [-0.2, -0.15) is 12.7 Å². The van der Waals surface area contributed by atoms with Crippen molar-refractivity contribution in [3.8, 4) is 5.75 Å². The standard InChI is InChI=1S/C23H24FN3O4S/c1-26(2)32(29,30)27(21-10-6-4-8-19(21)24)16-17-12-14-18(15-13-17)23(28)25-20-9-5-7-11-22(20)31-3/h4-15H,16H2,1-3H3,(H,25,28). The second kappa shape index (κ2) is 9.80. The van der Waals surface area contributed by atoms with Crippen LogP contribution in [0.15, 0.2) is 72.8 Å². The van der Waals surface area contributed by atoms with Gasteiger partial charge in [0.05, 0.1) is 25.0 Å². The van der Waals surface area contributed by atoms with Crippen LogP contribution in [-0.2, 0) is 16.8 Å². The largest absolute Gasteiger partial charge is 0.495 e. The highest BCUT2D eigenvalue weighted by molar-refractivity contribution is 7.90. The number of ether oxygens (including phenoxy) is 1. The normalized spacial score (nSPS) is 11.3. The monoisotopic (exact) mass is 457 g/mol. The van der Waals surface area contributed by atoms with Crippen molar-refractivity contribution in [2.24, 2.45) is 0 Å². The smallest absolute Gasteiger partial charge is 0.303 e. The fraction of sp³-hybridized carbons (Fsp3) is 0.174. The van der Waals surface area contributed by atoms with Gasteiger partial charge in [0.15, 0.2) is 0 Å². The predicted molar refractivity (Wildman–Crippen MR) is 123 cm³/mol. The van der Waals surface area contributed by atoms with Crippen LogP contribution in [0, 0.1) is 5.82 Å². The molecule has 3 rings (SSSR count). The van der Waals surface area contributed by atoms with E-state index in [1.54, 1.807) is 54.6 Å². The number of carbonyl (C=O) groups excluding carboxylic acids is 1. The summed E-state index contributed by atoms with van der Waals surface area (Å²) in [5.41, 5.74) is 1.45. The minimum Gasteiger partial charge on any atom is -0.495 e. The molecule has 0 saturated carbocycles. The Kier molecular flexibility index (Phi) is 7.12. The van der Waals surface area contributed by atoms with Crippen LogP contribution in [0.3, 0.4) is 0 Å². The fourth-order valence-corrected chi connectivity index (χ4v) is 4.11. The lowest BCUT2D eigenvalue weighted by molar-refractivity contribution is 0.102. The molecule has 0 spiro atoms. The van der Waals surface area contributed by atoms with Gasteiger partial charge in [-0.25, -0.2) is 4.39 Å². The summed E-state index contributed by atoms with van der Waals surface area (Å²) in [5.74, 6) is -0.453.